The van der Waals surface area contributed by atoms with Crippen molar-refractivity contribution in [2.75, 3.05) is 14.2 Å². The standard InChI is InChI=1S/C14H18N2O3/c1-9-12(8-17)15-14(16(9)2)11-7-10(18-3)5-6-13(11)19-4/h5-7,17H,8H2,1-4H3. The Morgan fingerprint density at radius 1 is 1.26 bits per heavy atom. The van der Waals surface area contributed by atoms with Gasteiger partial charge in [-0.05, 0) is 25.1 Å². The van der Waals surface area contributed by atoms with Crippen molar-refractivity contribution in [3.05, 3.63) is 29.6 Å². The molecule has 0 spiro atoms. The van der Waals surface area contributed by atoms with E-state index in [9.17, 15) is 5.11 Å². The maximum atomic E-state index is 9.30. The molecule has 2 aromatic rings. The average Bonchev–Trinajstić information content (AvgIpc) is 2.74. The van der Waals surface area contributed by atoms with Crippen LogP contribution in [0.15, 0.2) is 18.2 Å². The Bertz CT molecular complexity index is 591. The molecular weight excluding hydrogens is 244 g/mol. The number of methoxy groups -OCH3 is 2. The molecule has 19 heavy (non-hydrogen) atoms. The zero-order valence-electron chi connectivity index (χ0n) is 11.6. The number of benzene rings is 1. The van der Waals surface area contributed by atoms with E-state index in [1.54, 1.807) is 14.2 Å². The maximum Gasteiger partial charge on any atom is 0.144 e. The minimum atomic E-state index is -0.0774. The SMILES string of the molecule is COc1ccc(OC)c(-c2nc(CO)c(C)n2C)c1. The molecule has 1 N–H and O–H groups in total. The highest BCUT2D eigenvalue weighted by atomic mass is 16.5. The average molecular weight is 262 g/mol. The summed E-state index contributed by atoms with van der Waals surface area (Å²) in [7, 11) is 5.15. The Balaban J connectivity index is 2.63. The summed E-state index contributed by atoms with van der Waals surface area (Å²) >= 11 is 0. The molecule has 0 fully saturated rings. The van der Waals surface area contributed by atoms with Crippen molar-refractivity contribution in [3.63, 3.8) is 0 Å². The van der Waals surface area contributed by atoms with E-state index in [0.29, 0.717) is 5.69 Å². The molecule has 5 heteroatoms. The van der Waals surface area contributed by atoms with Gasteiger partial charge in [0.1, 0.15) is 17.3 Å². The van der Waals surface area contributed by atoms with Crippen molar-refractivity contribution < 1.29 is 14.6 Å². The van der Waals surface area contributed by atoms with Crippen LogP contribution >= 0.6 is 0 Å². The molecule has 1 aromatic carbocycles. The summed E-state index contributed by atoms with van der Waals surface area (Å²) in [5.74, 6) is 2.21. The molecule has 2 rings (SSSR count). The number of nitrogens with zero attached hydrogens (tertiary/aromatic N) is 2. The number of hydrogen-bond donors (Lipinski definition) is 1. The van der Waals surface area contributed by atoms with Crippen LogP contribution in [0.4, 0.5) is 0 Å². The minimum Gasteiger partial charge on any atom is -0.497 e. The van der Waals surface area contributed by atoms with Crippen LogP contribution in [0.25, 0.3) is 11.4 Å². The van der Waals surface area contributed by atoms with Crippen molar-refractivity contribution >= 4 is 0 Å². The van der Waals surface area contributed by atoms with E-state index in [0.717, 1.165) is 28.6 Å². The summed E-state index contributed by atoms with van der Waals surface area (Å²) in [6.45, 7) is 1.85. The predicted molar refractivity (Wildman–Crippen MR) is 72.4 cm³/mol. The van der Waals surface area contributed by atoms with Crippen molar-refractivity contribution in [3.8, 4) is 22.9 Å². The summed E-state index contributed by atoms with van der Waals surface area (Å²) in [6.07, 6.45) is 0. The first kappa shape index (κ1) is 13.4. The third kappa shape index (κ3) is 2.29. The molecule has 0 amide bonds. The minimum absolute atomic E-state index is 0.0774. The Labute approximate surface area is 112 Å². The van der Waals surface area contributed by atoms with Gasteiger partial charge in [-0.15, -0.1) is 0 Å². The molecule has 102 valence electrons. The van der Waals surface area contributed by atoms with E-state index in [1.165, 1.54) is 0 Å². The van der Waals surface area contributed by atoms with Gasteiger partial charge in [-0.25, -0.2) is 4.98 Å². The molecule has 0 aliphatic heterocycles. The van der Waals surface area contributed by atoms with Gasteiger partial charge in [-0.3, -0.25) is 0 Å². The topological polar surface area (TPSA) is 56.5 Å². The monoisotopic (exact) mass is 262 g/mol. The lowest BCUT2D eigenvalue weighted by Gasteiger charge is -2.10. The van der Waals surface area contributed by atoms with E-state index in [-0.39, 0.29) is 6.61 Å². The highest BCUT2D eigenvalue weighted by Gasteiger charge is 2.16. The second kappa shape index (κ2) is 5.32. The number of aliphatic hydroxyl groups excluding tert-OH is 1. The number of ether oxygens (including phenoxy) is 2. The molecule has 0 aliphatic rings. The van der Waals surface area contributed by atoms with Crippen molar-refractivity contribution in [1.82, 2.24) is 9.55 Å². The fourth-order valence-corrected chi connectivity index (χ4v) is 2.02. The maximum absolute atomic E-state index is 9.30. The fraction of sp³-hybridized carbons (Fsp3) is 0.357. The van der Waals surface area contributed by atoms with Gasteiger partial charge in [0, 0.05) is 12.7 Å². The zero-order chi connectivity index (χ0) is 14.0. The largest absolute Gasteiger partial charge is 0.497 e. The second-order valence-corrected chi connectivity index (χ2v) is 4.25. The Hall–Kier alpha value is -2.01. The summed E-state index contributed by atoms with van der Waals surface area (Å²) < 4.78 is 12.5. The molecule has 0 atom stereocenters. The normalized spacial score (nSPS) is 10.6. The molecule has 1 aromatic heterocycles. The summed E-state index contributed by atoms with van der Waals surface area (Å²) in [4.78, 5) is 4.46. The van der Waals surface area contributed by atoms with Gasteiger partial charge in [-0.1, -0.05) is 0 Å². The van der Waals surface area contributed by atoms with E-state index >= 15 is 0 Å². The van der Waals surface area contributed by atoms with Gasteiger partial charge >= 0.3 is 0 Å². The Morgan fingerprint density at radius 2 is 2.00 bits per heavy atom. The quantitative estimate of drug-likeness (QED) is 0.914. The van der Waals surface area contributed by atoms with Crippen LogP contribution in [0.1, 0.15) is 11.4 Å². The highest BCUT2D eigenvalue weighted by Crippen LogP contribution is 2.33. The van der Waals surface area contributed by atoms with E-state index < -0.39 is 0 Å². The second-order valence-electron chi connectivity index (χ2n) is 4.25. The summed E-state index contributed by atoms with van der Waals surface area (Å²) in [5, 5.41) is 9.30. The lowest BCUT2D eigenvalue weighted by Crippen LogP contribution is -1.98. The van der Waals surface area contributed by atoms with Gasteiger partial charge in [0.15, 0.2) is 0 Å². The smallest absolute Gasteiger partial charge is 0.144 e. The van der Waals surface area contributed by atoms with Crippen LogP contribution in [0.3, 0.4) is 0 Å². The van der Waals surface area contributed by atoms with Gasteiger partial charge < -0.3 is 19.1 Å². The van der Waals surface area contributed by atoms with E-state index in [2.05, 4.69) is 4.98 Å². The first-order chi connectivity index (χ1) is 9.12. The van der Waals surface area contributed by atoms with Crippen LogP contribution in [0.2, 0.25) is 0 Å². The van der Waals surface area contributed by atoms with Crippen LogP contribution in [0.5, 0.6) is 11.5 Å². The van der Waals surface area contributed by atoms with Crippen molar-refractivity contribution in [2.45, 2.75) is 13.5 Å². The van der Waals surface area contributed by atoms with Crippen LogP contribution in [-0.2, 0) is 13.7 Å². The number of hydrogen-bond acceptors (Lipinski definition) is 4. The third-order valence-corrected chi connectivity index (χ3v) is 3.28. The summed E-state index contributed by atoms with van der Waals surface area (Å²) in [6, 6.07) is 5.56. The first-order valence-corrected chi connectivity index (χ1v) is 5.97. The van der Waals surface area contributed by atoms with E-state index in [4.69, 9.17) is 9.47 Å². The molecule has 0 radical (unpaired) electrons. The number of rotatable bonds is 4. The lowest BCUT2D eigenvalue weighted by molar-refractivity contribution is 0.276. The third-order valence-electron chi connectivity index (χ3n) is 3.28. The fourth-order valence-electron chi connectivity index (χ4n) is 2.02. The molecule has 0 bridgehead atoms. The van der Waals surface area contributed by atoms with E-state index in [1.807, 2.05) is 36.7 Å². The van der Waals surface area contributed by atoms with Gasteiger partial charge in [0.2, 0.25) is 0 Å². The summed E-state index contributed by atoms with van der Waals surface area (Å²) in [5.41, 5.74) is 2.44. The molecule has 5 nitrogen and oxygen atoms in total. The number of imidazole rings is 1. The predicted octanol–water partition coefficient (Wildman–Crippen LogP) is 1.91. The van der Waals surface area contributed by atoms with Crippen molar-refractivity contribution in [1.29, 1.82) is 0 Å². The zero-order valence-corrected chi connectivity index (χ0v) is 11.6. The van der Waals surface area contributed by atoms with Gasteiger partial charge in [-0.2, -0.15) is 0 Å². The highest BCUT2D eigenvalue weighted by molar-refractivity contribution is 5.67. The first-order valence-electron chi connectivity index (χ1n) is 5.97. The van der Waals surface area contributed by atoms with Gasteiger partial charge in [0.05, 0.1) is 32.1 Å². The van der Waals surface area contributed by atoms with Crippen LogP contribution < -0.4 is 9.47 Å². The van der Waals surface area contributed by atoms with Gasteiger partial charge in [0.25, 0.3) is 0 Å². The molecule has 0 unspecified atom stereocenters. The van der Waals surface area contributed by atoms with Crippen molar-refractivity contribution in [2.24, 2.45) is 7.05 Å². The molecule has 0 saturated carbocycles. The van der Waals surface area contributed by atoms with Crippen LogP contribution in [0, 0.1) is 6.92 Å². The molecular formula is C14H18N2O3. The molecule has 0 aliphatic carbocycles. The molecule has 1 heterocycles. The Morgan fingerprint density at radius 3 is 2.53 bits per heavy atom. The van der Waals surface area contributed by atoms with Crippen LogP contribution in [-0.4, -0.2) is 28.9 Å². The number of aromatic nitrogens is 2. The molecule has 0 saturated heterocycles. The number of aliphatic hydroxyl groups is 1. The Kier molecular flexibility index (Phi) is 3.76. The lowest BCUT2D eigenvalue weighted by atomic mass is 10.1.